The Kier molecular flexibility index (Phi) is 6.18. The number of carboxylic acid groups (broad SMARTS) is 2. The molecular formula is C16H12O6. The average Bonchev–Trinajstić information content (AvgIpc) is 2.55. The molecule has 0 amide bonds. The smallest absolute Gasteiger partial charge is 0.336 e. The van der Waals surface area contributed by atoms with Gasteiger partial charge in [0.1, 0.15) is 6.29 Å². The SMILES string of the molecule is O=Cc1ccc(C(=O)O)cc1.O=Cc1ccccc1C(=O)O. The maximum Gasteiger partial charge on any atom is 0.336 e. The summed E-state index contributed by atoms with van der Waals surface area (Å²) < 4.78 is 0. The second-order valence-electron chi connectivity index (χ2n) is 4.06. The number of carbonyl (C=O) groups is 4. The van der Waals surface area contributed by atoms with E-state index >= 15 is 0 Å². The Morgan fingerprint density at radius 2 is 1.36 bits per heavy atom. The highest BCUT2D eigenvalue weighted by Gasteiger charge is 2.06. The third kappa shape index (κ3) is 4.68. The van der Waals surface area contributed by atoms with Crippen molar-refractivity contribution in [2.24, 2.45) is 0 Å². The predicted octanol–water partition coefficient (Wildman–Crippen LogP) is 2.39. The van der Waals surface area contributed by atoms with Crippen LogP contribution in [0.25, 0.3) is 0 Å². The van der Waals surface area contributed by atoms with Crippen LogP contribution in [0.15, 0.2) is 48.5 Å². The molecule has 0 saturated heterocycles. The molecule has 2 aromatic rings. The van der Waals surface area contributed by atoms with Crippen molar-refractivity contribution in [3.8, 4) is 0 Å². The Labute approximate surface area is 125 Å². The van der Waals surface area contributed by atoms with Gasteiger partial charge in [-0.2, -0.15) is 0 Å². The first-order chi connectivity index (χ1) is 10.5. The van der Waals surface area contributed by atoms with Crippen LogP contribution < -0.4 is 0 Å². The Hall–Kier alpha value is -3.28. The maximum absolute atomic E-state index is 10.4. The van der Waals surface area contributed by atoms with Gasteiger partial charge in [0.25, 0.3) is 0 Å². The number of carboxylic acids is 2. The first kappa shape index (κ1) is 16.8. The topological polar surface area (TPSA) is 109 Å². The number of hydrogen-bond acceptors (Lipinski definition) is 4. The molecule has 2 rings (SSSR count). The van der Waals surface area contributed by atoms with Crippen LogP contribution in [0.4, 0.5) is 0 Å². The van der Waals surface area contributed by atoms with Gasteiger partial charge in [-0.3, -0.25) is 9.59 Å². The van der Waals surface area contributed by atoms with Gasteiger partial charge in [0, 0.05) is 11.1 Å². The molecule has 0 aliphatic heterocycles. The van der Waals surface area contributed by atoms with Crippen molar-refractivity contribution in [2.45, 2.75) is 0 Å². The summed E-state index contributed by atoms with van der Waals surface area (Å²) in [5.41, 5.74) is 0.924. The molecule has 0 fully saturated rings. The molecule has 6 nitrogen and oxygen atoms in total. The number of benzene rings is 2. The van der Waals surface area contributed by atoms with Crippen LogP contribution in [0.3, 0.4) is 0 Å². The molecule has 6 heteroatoms. The molecule has 0 aliphatic rings. The molecule has 0 heterocycles. The lowest BCUT2D eigenvalue weighted by molar-refractivity contribution is 0.0685. The predicted molar refractivity (Wildman–Crippen MR) is 77.6 cm³/mol. The van der Waals surface area contributed by atoms with E-state index in [4.69, 9.17) is 10.2 Å². The highest BCUT2D eigenvalue weighted by Crippen LogP contribution is 2.05. The Balaban J connectivity index is 0.000000220. The van der Waals surface area contributed by atoms with Crippen LogP contribution >= 0.6 is 0 Å². The summed E-state index contributed by atoms with van der Waals surface area (Å²) >= 11 is 0. The molecule has 2 N–H and O–H groups in total. The Morgan fingerprint density at radius 1 is 0.773 bits per heavy atom. The molecule has 0 radical (unpaired) electrons. The van der Waals surface area contributed by atoms with Crippen molar-refractivity contribution in [2.75, 3.05) is 0 Å². The lowest BCUT2D eigenvalue weighted by Crippen LogP contribution is -2.00. The van der Waals surface area contributed by atoms with Crippen molar-refractivity contribution in [3.05, 3.63) is 70.8 Å². The fraction of sp³-hybridized carbons (Fsp3) is 0. The number of rotatable bonds is 4. The van der Waals surface area contributed by atoms with Gasteiger partial charge in [0.05, 0.1) is 11.1 Å². The summed E-state index contributed by atoms with van der Waals surface area (Å²) in [4.78, 5) is 41.1. The van der Waals surface area contributed by atoms with Gasteiger partial charge in [-0.25, -0.2) is 9.59 Å². The minimum atomic E-state index is -1.08. The van der Waals surface area contributed by atoms with Crippen molar-refractivity contribution in [1.29, 1.82) is 0 Å². The third-order valence-electron chi connectivity index (χ3n) is 2.61. The van der Waals surface area contributed by atoms with Crippen LogP contribution in [0.5, 0.6) is 0 Å². The second-order valence-corrected chi connectivity index (χ2v) is 4.06. The second kappa shape index (κ2) is 8.11. The van der Waals surface area contributed by atoms with Crippen LogP contribution in [0.1, 0.15) is 41.4 Å². The van der Waals surface area contributed by atoms with E-state index in [9.17, 15) is 19.2 Å². The molecule has 0 atom stereocenters. The minimum absolute atomic E-state index is 0.0440. The zero-order chi connectivity index (χ0) is 16.5. The molecule has 2 aromatic carbocycles. The summed E-state index contributed by atoms with van der Waals surface area (Å²) in [7, 11) is 0. The maximum atomic E-state index is 10.4. The van der Waals surface area contributed by atoms with E-state index in [1.807, 2.05) is 0 Å². The summed E-state index contributed by atoms with van der Waals surface area (Å²) in [6, 6.07) is 11.8. The summed E-state index contributed by atoms with van der Waals surface area (Å²) in [6.45, 7) is 0. The molecule has 0 unspecified atom stereocenters. The molecular weight excluding hydrogens is 288 g/mol. The normalized spacial score (nSPS) is 9.09. The zero-order valence-electron chi connectivity index (χ0n) is 11.3. The minimum Gasteiger partial charge on any atom is -0.478 e. The van der Waals surface area contributed by atoms with E-state index in [0.29, 0.717) is 18.1 Å². The van der Waals surface area contributed by atoms with E-state index < -0.39 is 11.9 Å². The molecule has 0 spiro atoms. The van der Waals surface area contributed by atoms with E-state index in [1.54, 1.807) is 12.1 Å². The quantitative estimate of drug-likeness (QED) is 0.839. The molecule has 0 aliphatic carbocycles. The van der Waals surface area contributed by atoms with Crippen molar-refractivity contribution < 1.29 is 29.4 Å². The van der Waals surface area contributed by atoms with Crippen LogP contribution in [-0.2, 0) is 0 Å². The zero-order valence-corrected chi connectivity index (χ0v) is 11.3. The summed E-state index contributed by atoms with van der Waals surface area (Å²) in [5, 5.41) is 17.0. The first-order valence-electron chi connectivity index (χ1n) is 6.05. The monoisotopic (exact) mass is 300 g/mol. The third-order valence-corrected chi connectivity index (χ3v) is 2.61. The van der Waals surface area contributed by atoms with E-state index in [-0.39, 0.29) is 16.7 Å². The highest BCUT2D eigenvalue weighted by molar-refractivity contribution is 5.97. The number of carbonyl (C=O) groups excluding carboxylic acids is 2. The van der Waals surface area contributed by atoms with Gasteiger partial charge in [-0.15, -0.1) is 0 Å². The number of aldehydes is 2. The van der Waals surface area contributed by atoms with E-state index in [2.05, 4.69) is 0 Å². The van der Waals surface area contributed by atoms with Gasteiger partial charge in [-0.1, -0.05) is 30.3 Å². The standard InChI is InChI=1S/2C8H6O3/c9-5-6-1-3-7(4-2-6)8(10)11;9-5-6-3-1-2-4-7(6)8(10)11/h2*1-5H,(H,10,11). The number of aromatic carboxylic acids is 2. The van der Waals surface area contributed by atoms with Gasteiger partial charge in [0.15, 0.2) is 6.29 Å². The summed E-state index contributed by atoms with van der Waals surface area (Å²) in [6.07, 6.45) is 1.20. The van der Waals surface area contributed by atoms with Crippen molar-refractivity contribution in [1.82, 2.24) is 0 Å². The molecule has 22 heavy (non-hydrogen) atoms. The lowest BCUT2D eigenvalue weighted by atomic mass is 10.1. The van der Waals surface area contributed by atoms with Crippen molar-refractivity contribution in [3.63, 3.8) is 0 Å². The molecule has 112 valence electrons. The largest absolute Gasteiger partial charge is 0.478 e. The van der Waals surface area contributed by atoms with Gasteiger partial charge >= 0.3 is 11.9 Å². The van der Waals surface area contributed by atoms with E-state index in [1.165, 1.54) is 36.4 Å². The van der Waals surface area contributed by atoms with Gasteiger partial charge in [-0.05, 0) is 18.2 Å². The molecule has 0 aromatic heterocycles. The van der Waals surface area contributed by atoms with Crippen LogP contribution in [0, 0.1) is 0 Å². The fourth-order valence-corrected chi connectivity index (χ4v) is 1.50. The molecule has 0 bridgehead atoms. The fourth-order valence-electron chi connectivity index (χ4n) is 1.50. The van der Waals surface area contributed by atoms with Crippen LogP contribution in [-0.4, -0.2) is 34.7 Å². The van der Waals surface area contributed by atoms with Crippen LogP contribution in [0.2, 0.25) is 0 Å². The average molecular weight is 300 g/mol. The summed E-state index contributed by atoms with van der Waals surface area (Å²) in [5.74, 6) is -2.06. The first-order valence-corrected chi connectivity index (χ1v) is 6.05. The molecule has 0 saturated carbocycles. The highest BCUT2D eigenvalue weighted by atomic mass is 16.4. The lowest BCUT2D eigenvalue weighted by Gasteiger charge is -1.95. The Morgan fingerprint density at radius 3 is 1.77 bits per heavy atom. The van der Waals surface area contributed by atoms with Gasteiger partial charge in [0.2, 0.25) is 0 Å². The van der Waals surface area contributed by atoms with Gasteiger partial charge < -0.3 is 10.2 Å². The number of hydrogen-bond donors (Lipinski definition) is 2. The van der Waals surface area contributed by atoms with Crippen molar-refractivity contribution >= 4 is 24.5 Å². The van der Waals surface area contributed by atoms with E-state index in [0.717, 1.165) is 0 Å². The Bertz CT molecular complexity index is 688.